The third kappa shape index (κ3) is 5.43. The molecule has 1 N–H and O–H groups in total. The van der Waals surface area contributed by atoms with E-state index in [2.05, 4.69) is 35.5 Å². The highest BCUT2D eigenvalue weighted by Gasteiger charge is 2.19. The summed E-state index contributed by atoms with van der Waals surface area (Å²) in [5.74, 6) is 2.65. The SMILES string of the molecule is CN=NN(C)c1ccc(Oc2ccc(Nc3ncnc4cnc(N5CCN(C=O)CC5)nc34)cc2C)cc1. The highest BCUT2D eigenvalue weighted by atomic mass is 16.5. The third-order valence-corrected chi connectivity index (χ3v) is 6.21. The standard InChI is InChI=1S/C26H28N10O2/c1-18-14-19(4-9-23(18)38-21-7-5-20(6-8-21)34(3)33-27-2)31-25-24-22(29-16-30-25)15-28-26(32-24)36-12-10-35(17-37)11-13-36/h4-9,14-17H,10-13H2,1-3H3,(H,29,30,31). The largest absolute Gasteiger partial charge is 0.457 e. The molecule has 4 aromatic rings. The lowest BCUT2D eigenvalue weighted by Gasteiger charge is -2.32. The van der Waals surface area contributed by atoms with Crippen molar-refractivity contribution in [2.45, 2.75) is 6.92 Å². The molecular weight excluding hydrogens is 484 g/mol. The molecule has 2 aromatic carbocycles. The number of aryl methyl sites for hydroxylation is 1. The second-order valence-corrected chi connectivity index (χ2v) is 8.77. The number of amides is 1. The summed E-state index contributed by atoms with van der Waals surface area (Å²) in [4.78, 5) is 32.8. The van der Waals surface area contributed by atoms with Crippen molar-refractivity contribution < 1.29 is 9.53 Å². The van der Waals surface area contributed by atoms with Crippen molar-refractivity contribution in [3.8, 4) is 11.5 Å². The molecule has 1 aliphatic rings. The summed E-state index contributed by atoms with van der Waals surface area (Å²) in [6.45, 7) is 4.61. The van der Waals surface area contributed by atoms with Gasteiger partial charge >= 0.3 is 0 Å². The van der Waals surface area contributed by atoms with Gasteiger partial charge in [-0.2, -0.15) is 5.11 Å². The maximum atomic E-state index is 11.0. The quantitative estimate of drug-likeness (QED) is 0.212. The van der Waals surface area contributed by atoms with E-state index in [-0.39, 0.29) is 0 Å². The van der Waals surface area contributed by atoms with Crippen LogP contribution < -0.4 is 20.0 Å². The zero-order chi connectivity index (χ0) is 26.5. The van der Waals surface area contributed by atoms with E-state index >= 15 is 0 Å². The van der Waals surface area contributed by atoms with Gasteiger partial charge in [-0.15, -0.1) is 0 Å². The molecule has 0 unspecified atom stereocenters. The summed E-state index contributed by atoms with van der Waals surface area (Å²) in [6, 6.07) is 13.5. The van der Waals surface area contributed by atoms with Crippen LogP contribution in [0, 0.1) is 6.92 Å². The highest BCUT2D eigenvalue weighted by Crippen LogP contribution is 2.30. The molecule has 0 bridgehead atoms. The summed E-state index contributed by atoms with van der Waals surface area (Å²) < 4.78 is 6.10. The van der Waals surface area contributed by atoms with Gasteiger partial charge in [0, 0.05) is 38.9 Å². The second kappa shape index (κ2) is 11.0. The smallest absolute Gasteiger partial charge is 0.226 e. The average Bonchev–Trinajstić information content (AvgIpc) is 2.95. The van der Waals surface area contributed by atoms with E-state index in [1.165, 1.54) is 6.33 Å². The van der Waals surface area contributed by atoms with E-state index < -0.39 is 0 Å². The van der Waals surface area contributed by atoms with Crippen LogP contribution in [0.3, 0.4) is 0 Å². The first-order valence-electron chi connectivity index (χ1n) is 12.1. The normalized spacial score (nSPS) is 13.7. The lowest BCUT2D eigenvalue weighted by molar-refractivity contribution is -0.118. The number of hydrogen-bond acceptors (Lipinski definition) is 10. The van der Waals surface area contributed by atoms with Crippen molar-refractivity contribution in [2.24, 2.45) is 10.3 Å². The maximum absolute atomic E-state index is 11.0. The van der Waals surface area contributed by atoms with E-state index in [0.29, 0.717) is 49.0 Å². The topological polar surface area (TPSA) is 124 Å². The lowest BCUT2D eigenvalue weighted by atomic mass is 10.2. The Bertz CT molecular complexity index is 1450. The van der Waals surface area contributed by atoms with E-state index in [4.69, 9.17) is 9.72 Å². The summed E-state index contributed by atoms with van der Waals surface area (Å²) in [7, 11) is 3.47. The third-order valence-electron chi connectivity index (χ3n) is 6.21. The highest BCUT2D eigenvalue weighted by molar-refractivity contribution is 5.87. The molecule has 38 heavy (non-hydrogen) atoms. The summed E-state index contributed by atoms with van der Waals surface area (Å²) in [5, 5.41) is 12.8. The molecule has 194 valence electrons. The molecular formula is C26H28N10O2. The van der Waals surface area contributed by atoms with Gasteiger partial charge in [0.1, 0.15) is 28.9 Å². The van der Waals surface area contributed by atoms with Crippen molar-refractivity contribution >= 4 is 40.6 Å². The lowest BCUT2D eigenvalue weighted by Crippen LogP contribution is -2.46. The van der Waals surface area contributed by atoms with E-state index in [1.807, 2.05) is 56.4 Å². The van der Waals surface area contributed by atoms with Crippen LogP contribution in [0.1, 0.15) is 5.56 Å². The first kappa shape index (κ1) is 24.8. The first-order chi connectivity index (χ1) is 18.5. The number of ether oxygens (including phenoxy) is 1. The number of fused-ring (bicyclic) bond motifs is 1. The average molecular weight is 513 g/mol. The molecule has 0 saturated carbocycles. The Kier molecular flexibility index (Phi) is 7.20. The summed E-state index contributed by atoms with van der Waals surface area (Å²) in [5.41, 5.74) is 3.98. The van der Waals surface area contributed by atoms with Crippen LogP contribution in [0.5, 0.6) is 11.5 Å². The molecule has 5 rings (SSSR count). The first-order valence-corrected chi connectivity index (χ1v) is 12.1. The van der Waals surface area contributed by atoms with Gasteiger partial charge in [0.15, 0.2) is 5.82 Å². The van der Waals surface area contributed by atoms with Crippen LogP contribution in [-0.4, -0.2) is 71.5 Å². The molecule has 12 heteroatoms. The molecule has 0 aliphatic carbocycles. The van der Waals surface area contributed by atoms with E-state index in [9.17, 15) is 4.79 Å². The Morgan fingerprint density at radius 2 is 1.84 bits per heavy atom. The number of anilines is 4. The molecule has 0 spiro atoms. The zero-order valence-corrected chi connectivity index (χ0v) is 21.4. The van der Waals surface area contributed by atoms with Crippen LogP contribution in [0.15, 0.2) is 65.3 Å². The maximum Gasteiger partial charge on any atom is 0.226 e. The van der Waals surface area contributed by atoms with Crippen molar-refractivity contribution in [3.63, 3.8) is 0 Å². The predicted octanol–water partition coefficient (Wildman–Crippen LogP) is 3.98. The van der Waals surface area contributed by atoms with E-state index in [1.54, 1.807) is 23.2 Å². The minimum absolute atomic E-state index is 0.585. The Balaban J connectivity index is 1.32. The number of rotatable bonds is 8. The van der Waals surface area contributed by atoms with Crippen molar-refractivity contribution in [3.05, 3.63) is 60.6 Å². The van der Waals surface area contributed by atoms with Crippen LogP contribution in [-0.2, 0) is 4.79 Å². The molecule has 1 aliphatic heterocycles. The fourth-order valence-electron chi connectivity index (χ4n) is 4.14. The van der Waals surface area contributed by atoms with Crippen LogP contribution in [0.4, 0.5) is 23.1 Å². The summed E-state index contributed by atoms with van der Waals surface area (Å²) in [6.07, 6.45) is 4.07. The van der Waals surface area contributed by atoms with Gasteiger partial charge in [-0.25, -0.2) is 19.9 Å². The van der Waals surface area contributed by atoms with Gasteiger partial charge < -0.3 is 19.9 Å². The van der Waals surface area contributed by atoms with Gasteiger partial charge in [-0.3, -0.25) is 9.80 Å². The van der Waals surface area contributed by atoms with Gasteiger partial charge in [0.05, 0.1) is 18.9 Å². The number of aromatic nitrogens is 4. The molecule has 1 amide bonds. The number of piperazine rings is 1. The number of carbonyl (C=O) groups excluding carboxylic acids is 1. The number of benzene rings is 2. The van der Waals surface area contributed by atoms with Gasteiger partial charge in [-0.05, 0) is 55.0 Å². The predicted molar refractivity (Wildman–Crippen MR) is 145 cm³/mol. The van der Waals surface area contributed by atoms with E-state index in [0.717, 1.165) is 34.8 Å². The van der Waals surface area contributed by atoms with Gasteiger partial charge in [0.25, 0.3) is 0 Å². The molecule has 1 saturated heterocycles. The fourth-order valence-corrected chi connectivity index (χ4v) is 4.14. The van der Waals surface area contributed by atoms with Gasteiger partial charge in [0.2, 0.25) is 12.4 Å². The molecule has 2 aromatic heterocycles. The monoisotopic (exact) mass is 512 g/mol. The molecule has 0 atom stereocenters. The summed E-state index contributed by atoms with van der Waals surface area (Å²) >= 11 is 0. The van der Waals surface area contributed by atoms with Crippen molar-refractivity contribution in [2.75, 3.05) is 55.5 Å². The van der Waals surface area contributed by atoms with Crippen molar-refractivity contribution in [1.82, 2.24) is 24.8 Å². The number of carbonyl (C=O) groups is 1. The van der Waals surface area contributed by atoms with Crippen LogP contribution >= 0.6 is 0 Å². The number of nitrogens with zero attached hydrogens (tertiary/aromatic N) is 9. The minimum atomic E-state index is 0.585. The van der Waals surface area contributed by atoms with Crippen LogP contribution in [0.2, 0.25) is 0 Å². The Hall–Kier alpha value is -4.87. The fraction of sp³-hybridized carbons (Fsp3) is 0.269. The molecule has 12 nitrogen and oxygen atoms in total. The molecule has 0 radical (unpaired) electrons. The van der Waals surface area contributed by atoms with Gasteiger partial charge in [-0.1, -0.05) is 5.22 Å². The Morgan fingerprint density at radius 3 is 2.55 bits per heavy atom. The number of nitrogens with one attached hydrogen (secondary N) is 1. The number of hydrogen-bond donors (Lipinski definition) is 1. The Morgan fingerprint density at radius 1 is 1.05 bits per heavy atom. The van der Waals surface area contributed by atoms with Crippen molar-refractivity contribution in [1.29, 1.82) is 0 Å². The Labute approximate surface area is 220 Å². The zero-order valence-electron chi connectivity index (χ0n) is 21.4. The molecule has 1 fully saturated rings. The second-order valence-electron chi connectivity index (χ2n) is 8.77. The molecule has 3 heterocycles. The minimum Gasteiger partial charge on any atom is -0.457 e. The van der Waals surface area contributed by atoms with Crippen LogP contribution in [0.25, 0.3) is 11.0 Å².